The van der Waals surface area contributed by atoms with Gasteiger partial charge in [0.15, 0.2) is 0 Å². The van der Waals surface area contributed by atoms with Crippen molar-refractivity contribution >= 4 is 44.5 Å². The average molecular weight is 673 g/mol. The van der Waals surface area contributed by atoms with Crippen molar-refractivity contribution in [1.29, 1.82) is 0 Å². The third-order valence-corrected chi connectivity index (χ3v) is 11.3. The Morgan fingerprint density at radius 2 is 1.58 bits per heavy atom. The van der Waals surface area contributed by atoms with Gasteiger partial charge in [-0.15, -0.1) is 0 Å². The fourth-order valence-corrected chi connectivity index (χ4v) is 8.93. The van der Waals surface area contributed by atoms with Gasteiger partial charge in [-0.25, -0.2) is 4.99 Å². The first-order chi connectivity index (χ1) is 25.8. The third-order valence-electron chi connectivity index (χ3n) is 11.3. The highest BCUT2D eigenvalue weighted by Crippen LogP contribution is 2.48. The first kappa shape index (κ1) is 29.5. The highest BCUT2D eigenvalue weighted by molar-refractivity contribution is 6.23. The highest BCUT2D eigenvalue weighted by Gasteiger charge is 2.41. The fraction of sp³-hybridized carbons (Fsp3) is 0.128. The normalized spacial score (nSPS) is 21.6. The molecule has 0 radical (unpaired) electrons. The van der Waals surface area contributed by atoms with Crippen molar-refractivity contribution in [3.05, 3.63) is 185 Å². The number of benzene rings is 6. The van der Waals surface area contributed by atoms with Crippen LogP contribution in [0.3, 0.4) is 0 Å². The molecular formula is C47H36N4O. The Balaban J connectivity index is 1.03. The number of hydrogen-bond acceptors (Lipinski definition) is 4. The van der Waals surface area contributed by atoms with Crippen LogP contribution in [-0.2, 0) is 6.42 Å². The van der Waals surface area contributed by atoms with Crippen LogP contribution in [0.25, 0.3) is 44.3 Å². The van der Waals surface area contributed by atoms with Crippen molar-refractivity contribution in [2.75, 3.05) is 0 Å². The molecule has 5 heteroatoms. The van der Waals surface area contributed by atoms with Gasteiger partial charge < -0.3 is 14.6 Å². The molecule has 0 saturated heterocycles. The van der Waals surface area contributed by atoms with Crippen LogP contribution >= 0.6 is 0 Å². The maximum Gasteiger partial charge on any atom is 0.131 e. The summed E-state index contributed by atoms with van der Waals surface area (Å²) in [4.78, 5) is 5.30. The number of ether oxygens (including phenoxy) is 1. The number of nitrogens with one attached hydrogen (secondary N) is 2. The molecule has 0 amide bonds. The van der Waals surface area contributed by atoms with Gasteiger partial charge in [0.1, 0.15) is 30.0 Å². The molecule has 2 aliphatic heterocycles. The van der Waals surface area contributed by atoms with Gasteiger partial charge in [0, 0.05) is 33.7 Å². The van der Waals surface area contributed by atoms with Gasteiger partial charge in [-0.05, 0) is 70.2 Å². The fourth-order valence-electron chi connectivity index (χ4n) is 8.93. The molecule has 0 bridgehead atoms. The Labute approximate surface area is 302 Å². The molecule has 4 aliphatic rings. The van der Waals surface area contributed by atoms with Crippen LogP contribution in [0.15, 0.2) is 162 Å². The Morgan fingerprint density at radius 3 is 2.48 bits per heavy atom. The number of rotatable bonds is 4. The number of allylic oxidation sites excluding steroid dienone is 3. The zero-order chi connectivity index (χ0) is 34.2. The lowest BCUT2D eigenvalue weighted by atomic mass is 9.83. The number of aromatic nitrogens is 1. The third kappa shape index (κ3) is 4.56. The van der Waals surface area contributed by atoms with Crippen molar-refractivity contribution in [3.63, 3.8) is 0 Å². The molecular weight excluding hydrogens is 637 g/mol. The molecule has 0 spiro atoms. The molecule has 3 heterocycles. The maximum absolute atomic E-state index is 6.83. The number of aryl methyl sites for hydroxylation is 1. The minimum absolute atomic E-state index is 0.0427. The molecule has 0 saturated carbocycles. The first-order valence-corrected chi connectivity index (χ1v) is 18.3. The average Bonchev–Trinajstić information content (AvgIpc) is 3.77. The van der Waals surface area contributed by atoms with E-state index in [0.717, 1.165) is 35.7 Å². The number of amidine groups is 1. The van der Waals surface area contributed by atoms with Gasteiger partial charge in [-0.2, -0.15) is 0 Å². The Morgan fingerprint density at radius 1 is 0.769 bits per heavy atom. The summed E-state index contributed by atoms with van der Waals surface area (Å²) in [5, 5.41) is 12.7. The summed E-state index contributed by atoms with van der Waals surface area (Å²) in [7, 11) is 0. The molecule has 0 fully saturated rings. The molecule has 2 aliphatic carbocycles. The van der Waals surface area contributed by atoms with Crippen LogP contribution in [0.1, 0.15) is 46.3 Å². The van der Waals surface area contributed by atoms with Crippen LogP contribution in [0, 0.1) is 0 Å². The maximum atomic E-state index is 6.83. The van der Waals surface area contributed by atoms with E-state index in [2.05, 4.69) is 167 Å². The lowest BCUT2D eigenvalue weighted by Crippen LogP contribution is -2.50. The molecule has 3 unspecified atom stereocenters. The Bertz CT molecular complexity index is 2680. The summed E-state index contributed by atoms with van der Waals surface area (Å²) >= 11 is 0. The van der Waals surface area contributed by atoms with Crippen LogP contribution in [0.5, 0.6) is 5.75 Å². The largest absolute Gasteiger partial charge is 0.485 e. The summed E-state index contributed by atoms with van der Waals surface area (Å²) in [6.45, 7) is 0. The molecule has 11 rings (SSSR count). The second-order valence-corrected chi connectivity index (χ2v) is 14.2. The number of fused-ring (bicyclic) bond motifs is 10. The van der Waals surface area contributed by atoms with E-state index in [4.69, 9.17) is 9.73 Å². The van der Waals surface area contributed by atoms with Crippen LogP contribution in [0.4, 0.5) is 0 Å². The predicted molar refractivity (Wildman–Crippen MR) is 212 cm³/mol. The topological polar surface area (TPSA) is 50.6 Å². The van der Waals surface area contributed by atoms with E-state index in [9.17, 15) is 0 Å². The molecule has 2 N–H and O–H groups in total. The van der Waals surface area contributed by atoms with E-state index in [0.29, 0.717) is 0 Å². The molecule has 250 valence electrons. The zero-order valence-corrected chi connectivity index (χ0v) is 28.5. The van der Waals surface area contributed by atoms with E-state index in [-0.39, 0.29) is 24.4 Å². The lowest BCUT2D eigenvalue weighted by Gasteiger charge is -2.35. The number of hydrogen-bond donors (Lipinski definition) is 2. The summed E-state index contributed by atoms with van der Waals surface area (Å²) < 4.78 is 9.27. The van der Waals surface area contributed by atoms with Crippen molar-refractivity contribution in [1.82, 2.24) is 15.2 Å². The van der Waals surface area contributed by atoms with Crippen molar-refractivity contribution in [2.24, 2.45) is 4.99 Å². The molecule has 7 aromatic rings. The highest BCUT2D eigenvalue weighted by atomic mass is 16.5. The number of aliphatic imine (C=N–C) groups is 1. The van der Waals surface area contributed by atoms with Gasteiger partial charge >= 0.3 is 0 Å². The van der Waals surface area contributed by atoms with Crippen LogP contribution in [0.2, 0.25) is 0 Å². The Kier molecular flexibility index (Phi) is 6.64. The standard InChI is InChI=1S/C47H36N4O/c1-3-14-31(15-4-1)45-48-46(32-16-5-2-6-17-32)50-47(49-45)37-20-11-21-40-42(37)36-25-24-33(28-41(36)52-40)51-38-26-22-29-12-7-9-18-34(29)43(38)44-35-19-10-8-13-30(35)23-27-39(44)51/h1-7,9-12,14-28,40,42,45,47,49H,8,13H2,(H,48,50)/t40?,42-,45?,47?/m1/s1. The summed E-state index contributed by atoms with van der Waals surface area (Å²) in [5.41, 5.74) is 11.0. The second kappa shape index (κ2) is 11.7. The lowest BCUT2D eigenvalue weighted by molar-refractivity contribution is 0.258. The SMILES string of the molecule is C1=CC2Oc3cc(-n4c5ccc6c(c5c5c7ccccc7ccc54)C=CCC6)ccc3[C@@H]2C(C2N=C(c3ccccc3)NC(c3ccccc3)N2)=C1. The summed E-state index contributed by atoms with van der Waals surface area (Å²) in [6, 6.07) is 45.8. The van der Waals surface area contributed by atoms with Crippen molar-refractivity contribution in [2.45, 2.75) is 37.2 Å². The first-order valence-electron chi connectivity index (χ1n) is 18.3. The van der Waals surface area contributed by atoms with Gasteiger partial charge in [0.25, 0.3) is 0 Å². The Hall–Kier alpha value is -6.17. The van der Waals surface area contributed by atoms with Gasteiger partial charge in [0.05, 0.1) is 17.0 Å². The van der Waals surface area contributed by atoms with Gasteiger partial charge in [-0.3, -0.25) is 5.32 Å². The van der Waals surface area contributed by atoms with Gasteiger partial charge in [-0.1, -0.05) is 127 Å². The minimum atomic E-state index is -0.238. The minimum Gasteiger partial charge on any atom is -0.485 e. The van der Waals surface area contributed by atoms with Crippen LogP contribution in [-0.4, -0.2) is 22.7 Å². The van der Waals surface area contributed by atoms with Gasteiger partial charge in [0.2, 0.25) is 0 Å². The molecule has 52 heavy (non-hydrogen) atoms. The molecule has 1 aromatic heterocycles. The summed E-state index contributed by atoms with van der Waals surface area (Å²) in [6.07, 6.45) is 13.0. The van der Waals surface area contributed by atoms with E-state index in [1.54, 1.807) is 0 Å². The van der Waals surface area contributed by atoms with E-state index >= 15 is 0 Å². The van der Waals surface area contributed by atoms with Crippen molar-refractivity contribution in [3.8, 4) is 11.4 Å². The smallest absolute Gasteiger partial charge is 0.131 e. The molecule has 5 nitrogen and oxygen atoms in total. The zero-order valence-electron chi connectivity index (χ0n) is 28.5. The van der Waals surface area contributed by atoms with Crippen LogP contribution < -0.4 is 15.4 Å². The molecule has 6 aromatic carbocycles. The van der Waals surface area contributed by atoms with E-state index in [1.165, 1.54) is 60.4 Å². The quantitative estimate of drug-likeness (QED) is 0.196. The second-order valence-electron chi connectivity index (χ2n) is 14.2. The van der Waals surface area contributed by atoms with E-state index in [1.807, 2.05) is 6.07 Å². The summed E-state index contributed by atoms with van der Waals surface area (Å²) in [5.74, 6) is 1.86. The van der Waals surface area contributed by atoms with E-state index < -0.39 is 0 Å². The molecule has 4 atom stereocenters. The van der Waals surface area contributed by atoms with Crippen molar-refractivity contribution < 1.29 is 4.74 Å². The monoisotopic (exact) mass is 672 g/mol. The number of nitrogens with zero attached hydrogens (tertiary/aromatic N) is 2. The predicted octanol–water partition coefficient (Wildman–Crippen LogP) is 9.90.